The average Bonchev–Trinajstić information content (AvgIpc) is 2.67. The van der Waals surface area contributed by atoms with Gasteiger partial charge in [-0.25, -0.2) is 14.4 Å². The topological polar surface area (TPSA) is 62.2 Å². The highest BCUT2D eigenvalue weighted by Crippen LogP contribution is 2.40. The minimum Gasteiger partial charge on any atom is -0.340 e. The molecule has 0 N–H and O–H groups in total. The van der Waals surface area contributed by atoms with Crippen LogP contribution in [0.15, 0.2) is 36.9 Å². The summed E-state index contributed by atoms with van der Waals surface area (Å²) >= 11 is 0. The van der Waals surface area contributed by atoms with Gasteiger partial charge in [0, 0.05) is 50.4 Å². The first kappa shape index (κ1) is 16.9. The van der Waals surface area contributed by atoms with Crippen molar-refractivity contribution in [3.05, 3.63) is 48.3 Å². The van der Waals surface area contributed by atoms with Gasteiger partial charge in [0.15, 0.2) is 5.82 Å². The molecule has 2 aromatic rings. The van der Waals surface area contributed by atoms with Crippen LogP contribution in [0.3, 0.4) is 0 Å². The van der Waals surface area contributed by atoms with Gasteiger partial charge in [0.05, 0.1) is 12.4 Å². The first-order chi connectivity index (χ1) is 12.6. The van der Waals surface area contributed by atoms with E-state index in [1.54, 1.807) is 12.4 Å². The van der Waals surface area contributed by atoms with Gasteiger partial charge >= 0.3 is 0 Å². The van der Waals surface area contributed by atoms with Crippen LogP contribution in [0.5, 0.6) is 0 Å². The van der Waals surface area contributed by atoms with Crippen LogP contribution in [0.1, 0.15) is 31.2 Å². The highest BCUT2D eigenvalue weighted by molar-refractivity contribution is 5.77. The van der Waals surface area contributed by atoms with E-state index in [1.807, 2.05) is 17.0 Å². The van der Waals surface area contributed by atoms with Crippen molar-refractivity contribution < 1.29 is 9.18 Å². The van der Waals surface area contributed by atoms with Gasteiger partial charge in [0.25, 0.3) is 0 Å². The van der Waals surface area contributed by atoms with Gasteiger partial charge in [-0.05, 0) is 37.0 Å². The van der Waals surface area contributed by atoms with E-state index in [-0.39, 0.29) is 11.3 Å². The lowest BCUT2D eigenvalue weighted by atomic mass is 9.73. The summed E-state index contributed by atoms with van der Waals surface area (Å²) in [6.45, 7) is 3.03. The van der Waals surface area contributed by atoms with Crippen molar-refractivity contribution in [1.29, 1.82) is 0 Å². The highest BCUT2D eigenvalue weighted by Gasteiger charge is 2.42. The molecule has 4 heterocycles. The number of anilines is 1. The lowest BCUT2D eigenvalue weighted by Gasteiger charge is -2.48. The van der Waals surface area contributed by atoms with E-state index in [4.69, 9.17) is 0 Å². The second-order valence-electron chi connectivity index (χ2n) is 7.33. The smallest absolute Gasteiger partial charge is 0.225 e. The molecule has 2 aliphatic heterocycles. The number of hydrogen-bond acceptors (Lipinski definition) is 5. The van der Waals surface area contributed by atoms with Crippen molar-refractivity contribution in [3.63, 3.8) is 0 Å². The maximum Gasteiger partial charge on any atom is 0.225 e. The number of pyridine rings is 1. The van der Waals surface area contributed by atoms with Crippen molar-refractivity contribution in [2.75, 3.05) is 24.5 Å². The van der Waals surface area contributed by atoms with Gasteiger partial charge in [0.1, 0.15) is 0 Å². The second kappa shape index (κ2) is 6.97. The zero-order chi connectivity index (χ0) is 18.0. The summed E-state index contributed by atoms with van der Waals surface area (Å²) in [5, 5.41) is 0. The third kappa shape index (κ3) is 3.52. The molecule has 1 spiro atoms. The Morgan fingerprint density at radius 2 is 1.88 bits per heavy atom. The Labute approximate surface area is 152 Å². The van der Waals surface area contributed by atoms with Gasteiger partial charge in [0.2, 0.25) is 11.9 Å². The molecule has 0 aromatic carbocycles. The lowest BCUT2D eigenvalue weighted by Crippen LogP contribution is -2.54. The Hall–Kier alpha value is -2.57. The Balaban J connectivity index is 1.49. The number of nitrogens with zero attached hydrogens (tertiary/aromatic N) is 5. The molecular weight excluding hydrogens is 333 g/mol. The number of piperidine rings is 2. The van der Waals surface area contributed by atoms with E-state index >= 15 is 0 Å². The zero-order valence-electron chi connectivity index (χ0n) is 14.6. The Kier molecular flexibility index (Phi) is 4.53. The van der Waals surface area contributed by atoms with Crippen LogP contribution < -0.4 is 4.90 Å². The minimum atomic E-state index is -0.424. The van der Waals surface area contributed by atoms with E-state index in [9.17, 15) is 9.18 Å². The standard InChI is InChI=1S/C19H22FN5O/c20-16-10-22-18(23-11-16)24-9-1-5-19(13-24)6-2-17(26)25(14-19)12-15-3-7-21-8-4-15/h3-4,7-8,10-11H,1-2,5-6,9,12-14H2/t19-/m0/s1. The minimum absolute atomic E-state index is 0.0525. The molecule has 136 valence electrons. The van der Waals surface area contributed by atoms with Crippen molar-refractivity contribution >= 4 is 11.9 Å². The lowest BCUT2D eigenvalue weighted by molar-refractivity contribution is -0.138. The van der Waals surface area contributed by atoms with Crippen LogP contribution in [0.4, 0.5) is 10.3 Å². The maximum atomic E-state index is 13.1. The SMILES string of the molecule is O=C1CC[C@]2(CCCN(c3ncc(F)cn3)C2)CN1Cc1ccncc1. The molecule has 0 saturated carbocycles. The quantitative estimate of drug-likeness (QED) is 0.846. The van der Waals surface area contributed by atoms with Gasteiger partial charge in [-0.2, -0.15) is 0 Å². The molecule has 2 fully saturated rings. The van der Waals surface area contributed by atoms with Crippen LogP contribution >= 0.6 is 0 Å². The summed E-state index contributed by atoms with van der Waals surface area (Å²) in [4.78, 5) is 28.8. The van der Waals surface area contributed by atoms with Crippen LogP contribution in [0, 0.1) is 11.2 Å². The van der Waals surface area contributed by atoms with Crippen LogP contribution in [0.2, 0.25) is 0 Å². The molecule has 4 rings (SSSR count). The molecule has 0 unspecified atom stereocenters. The average molecular weight is 355 g/mol. The Bertz CT molecular complexity index is 769. The predicted molar refractivity (Wildman–Crippen MR) is 94.8 cm³/mol. The normalized spacial score (nSPS) is 23.5. The van der Waals surface area contributed by atoms with Gasteiger partial charge in [-0.1, -0.05) is 0 Å². The molecule has 1 atom stereocenters. The van der Waals surface area contributed by atoms with E-state index in [2.05, 4.69) is 19.9 Å². The number of amides is 1. The first-order valence-corrected chi connectivity index (χ1v) is 9.03. The zero-order valence-corrected chi connectivity index (χ0v) is 14.6. The molecule has 2 saturated heterocycles. The summed E-state index contributed by atoms with van der Waals surface area (Å²) < 4.78 is 13.1. The molecule has 26 heavy (non-hydrogen) atoms. The molecule has 7 heteroatoms. The van der Waals surface area contributed by atoms with E-state index in [0.717, 1.165) is 44.5 Å². The monoisotopic (exact) mass is 355 g/mol. The molecule has 2 aliphatic rings. The number of carbonyl (C=O) groups is 1. The number of halogens is 1. The van der Waals surface area contributed by atoms with Crippen LogP contribution in [-0.2, 0) is 11.3 Å². The molecule has 0 aliphatic carbocycles. The summed E-state index contributed by atoms with van der Waals surface area (Å²) in [7, 11) is 0. The molecule has 6 nitrogen and oxygen atoms in total. The van der Waals surface area contributed by atoms with E-state index in [0.29, 0.717) is 18.9 Å². The van der Waals surface area contributed by atoms with Gasteiger partial charge in [-0.3, -0.25) is 9.78 Å². The van der Waals surface area contributed by atoms with E-state index < -0.39 is 5.82 Å². The van der Waals surface area contributed by atoms with Crippen LogP contribution in [-0.4, -0.2) is 45.4 Å². The van der Waals surface area contributed by atoms with E-state index in [1.165, 1.54) is 12.4 Å². The summed E-state index contributed by atoms with van der Waals surface area (Å²) in [5.74, 6) is 0.359. The molecular formula is C19H22FN5O. The largest absolute Gasteiger partial charge is 0.340 e. The van der Waals surface area contributed by atoms with Crippen LogP contribution in [0.25, 0.3) is 0 Å². The Morgan fingerprint density at radius 1 is 1.12 bits per heavy atom. The highest BCUT2D eigenvalue weighted by atomic mass is 19.1. The summed E-state index contributed by atoms with van der Waals surface area (Å²) in [6.07, 6.45) is 9.51. The third-order valence-corrected chi connectivity index (χ3v) is 5.42. The predicted octanol–water partition coefficient (Wildman–Crippen LogP) is 2.42. The third-order valence-electron chi connectivity index (χ3n) is 5.42. The number of hydrogen-bond donors (Lipinski definition) is 0. The fourth-order valence-electron chi connectivity index (χ4n) is 4.14. The van der Waals surface area contributed by atoms with Crippen molar-refractivity contribution in [1.82, 2.24) is 19.9 Å². The number of aromatic nitrogens is 3. The molecule has 1 amide bonds. The second-order valence-corrected chi connectivity index (χ2v) is 7.33. The van der Waals surface area contributed by atoms with Crippen molar-refractivity contribution in [3.8, 4) is 0 Å². The first-order valence-electron chi connectivity index (χ1n) is 9.03. The fourth-order valence-corrected chi connectivity index (χ4v) is 4.14. The molecule has 2 aromatic heterocycles. The van der Waals surface area contributed by atoms with Gasteiger partial charge in [-0.15, -0.1) is 0 Å². The number of likely N-dealkylation sites (tertiary alicyclic amines) is 1. The Morgan fingerprint density at radius 3 is 2.65 bits per heavy atom. The number of rotatable bonds is 3. The van der Waals surface area contributed by atoms with Crippen molar-refractivity contribution in [2.45, 2.75) is 32.2 Å². The van der Waals surface area contributed by atoms with Gasteiger partial charge < -0.3 is 9.80 Å². The molecule has 0 radical (unpaired) electrons. The number of carbonyl (C=O) groups excluding carboxylic acids is 1. The maximum absolute atomic E-state index is 13.1. The summed E-state index contributed by atoms with van der Waals surface area (Å²) in [5.41, 5.74) is 1.15. The summed E-state index contributed by atoms with van der Waals surface area (Å²) in [6, 6.07) is 3.90. The van der Waals surface area contributed by atoms with Crippen molar-refractivity contribution in [2.24, 2.45) is 5.41 Å². The molecule has 0 bridgehead atoms. The fraction of sp³-hybridized carbons (Fsp3) is 0.474.